The Morgan fingerprint density at radius 3 is 2.47 bits per heavy atom. The molecule has 0 unspecified atom stereocenters. The van der Waals surface area contributed by atoms with Gasteiger partial charge in [0.1, 0.15) is 6.04 Å². The number of anilines is 1. The van der Waals surface area contributed by atoms with E-state index in [2.05, 4.69) is 15.9 Å². The fourth-order valence-corrected chi connectivity index (χ4v) is 2.08. The highest BCUT2D eigenvalue weighted by Crippen LogP contribution is 2.31. The van der Waals surface area contributed by atoms with E-state index in [9.17, 15) is 13.2 Å². The van der Waals surface area contributed by atoms with Gasteiger partial charge in [-0.3, -0.25) is 0 Å². The topological polar surface area (TPSA) is 12.5 Å². The van der Waals surface area contributed by atoms with Gasteiger partial charge in [0.15, 0.2) is 0 Å². The van der Waals surface area contributed by atoms with Crippen molar-refractivity contribution in [2.24, 2.45) is 0 Å². The normalized spacial score (nSPS) is 21.6. The number of hydrogen-bond acceptors (Lipinski definition) is 2. The van der Waals surface area contributed by atoms with Crippen molar-refractivity contribution in [2.75, 3.05) is 24.7 Å². The Bertz CT molecular complexity index is 379. The minimum absolute atomic E-state index is 0.256. The van der Waals surface area contributed by atoms with Crippen LogP contribution in [0, 0.1) is 0 Å². The monoisotopic (exact) mass is 309 g/mol. The fourth-order valence-electron chi connectivity index (χ4n) is 1.82. The van der Waals surface area contributed by atoms with Gasteiger partial charge >= 0.3 is 6.18 Å². The second kappa shape index (κ2) is 4.86. The van der Waals surface area contributed by atoms with Crippen LogP contribution in [0.2, 0.25) is 0 Å². The molecule has 2 rings (SSSR count). The summed E-state index contributed by atoms with van der Waals surface area (Å²) in [5.41, 5.74) is 0.568. The predicted molar refractivity (Wildman–Crippen MR) is 62.2 cm³/mol. The highest BCUT2D eigenvalue weighted by atomic mass is 79.9. The van der Waals surface area contributed by atoms with Gasteiger partial charge in [0.2, 0.25) is 0 Å². The molecular weight excluding hydrogens is 299 g/mol. The summed E-state index contributed by atoms with van der Waals surface area (Å²) in [5, 5.41) is 0. The lowest BCUT2D eigenvalue weighted by Crippen LogP contribution is -2.53. The van der Waals surface area contributed by atoms with Crippen LogP contribution in [-0.4, -0.2) is 32.0 Å². The molecule has 94 valence electrons. The van der Waals surface area contributed by atoms with Gasteiger partial charge in [0.25, 0.3) is 0 Å². The summed E-state index contributed by atoms with van der Waals surface area (Å²) in [6.07, 6.45) is -4.27. The molecule has 17 heavy (non-hydrogen) atoms. The molecule has 2 nitrogen and oxygen atoms in total. The van der Waals surface area contributed by atoms with E-state index in [-0.39, 0.29) is 13.2 Å². The minimum atomic E-state index is -4.27. The van der Waals surface area contributed by atoms with E-state index in [4.69, 9.17) is 4.74 Å². The number of nitrogens with zero attached hydrogens (tertiary/aromatic N) is 1. The molecule has 1 aliphatic heterocycles. The van der Waals surface area contributed by atoms with Gasteiger partial charge in [0.05, 0.1) is 13.2 Å². The molecule has 1 atom stereocenters. The Morgan fingerprint density at radius 1 is 1.24 bits per heavy atom. The van der Waals surface area contributed by atoms with Crippen molar-refractivity contribution in [2.45, 2.75) is 12.2 Å². The summed E-state index contributed by atoms with van der Waals surface area (Å²) in [6.45, 7) is 0.272. The highest BCUT2D eigenvalue weighted by molar-refractivity contribution is 9.10. The zero-order valence-electron chi connectivity index (χ0n) is 8.88. The Hall–Kier alpha value is -0.750. The van der Waals surface area contributed by atoms with Crippen molar-refractivity contribution in [1.29, 1.82) is 0 Å². The number of morpholine rings is 1. The van der Waals surface area contributed by atoms with Crippen LogP contribution in [0.25, 0.3) is 0 Å². The second-order valence-corrected chi connectivity index (χ2v) is 4.72. The summed E-state index contributed by atoms with van der Waals surface area (Å²) in [6, 6.07) is 5.26. The average molecular weight is 310 g/mol. The molecular formula is C11H11BrF3NO. The number of halogens is 4. The van der Waals surface area contributed by atoms with Crippen LogP contribution in [-0.2, 0) is 4.74 Å². The highest BCUT2D eigenvalue weighted by Gasteiger charge is 2.45. The maximum absolute atomic E-state index is 12.8. The van der Waals surface area contributed by atoms with Crippen LogP contribution in [0.15, 0.2) is 28.7 Å². The summed E-state index contributed by atoms with van der Waals surface area (Å²) in [5.74, 6) is 0. The quantitative estimate of drug-likeness (QED) is 0.790. The van der Waals surface area contributed by atoms with Gasteiger partial charge in [-0.2, -0.15) is 13.2 Å². The summed E-state index contributed by atoms with van der Waals surface area (Å²) in [4.78, 5) is 1.34. The smallest absolute Gasteiger partial charge is 0.377 e. The van der Waals surface area contributed by atoms with E-state index in [0.717, 1.165) is 4.47 Å². The third kappa shape index (κ3) is 2.93. The maximum Gasteiger partial charge on any atom is 0.411 e. The lowest BCUT2D eigenvalue weighted by molar-refractivity contribution is -0.167. The molecule has 0 spiro atoms. The van der Waals surface area contributed by atoms with Gasteiger partial charge in [-0.1, -0.05) is 15.9 Å². The Morgan fingerprint density at radius 2 is 1.88 bits per heavy atom. The van der Waals surface area contributed by atoms with Gasteiger partial charge < -0.3 is 9.64 Å². The van der Waals surface area contributed by atoms with Crippen molar-refractivity contribution in [3.63, 3.8) is 0 Å². The van der Waals surface area contributed by atoms with E-state index in [1.165, 1.54) is 4.90 Å². The van der Waals surface area contributed by atoms with Crippen LogP contribution >= 0.6 is 15.9 Å². The first-order chi connectivity index (χ1) is 7.98. The van der Waals surface area contributed by atoms with E-state index in [0.29, 0.717) is 12.3 Å². The van der Waals surface area contributed by atoms with Crippen LogP contribution in [0.3, 0.4) is 0 Å². The minimum Gasteiger partial charge on any atom is -0.377 e. The molecule has 0 N–H and O–H groups in total. The Kier molecular flexibility index (Phi) is 3.63. The van der Waals surface area contributed by atoms with Crippen LogP contribution in [0.5, 0.6) is 0 Å². The zero-order valence-corrected chi connectivity index (χ0v) is 10.5. The first-order valence-corrected chi connectivity index (χ1v) is 5.94. The molecule has 1 aromatic carbocycles. The number of benzene rings is 1. The second-order valence-electron chi connectivity index (χ2n) is 3.80. The van der Waals surface area contributed by atoms with E-state index < -0.39 is 12.2 Å². The third-order valence-electron chi connectivity index (χ3n) is 2.66. The molecule has 0 amide bonds. The van der Waals surface area contributed by atoms with Gasteiger partial charge in [-0.25, -0.2) is 0 Å². The van der Waals surface area contributed by atoms with Crippen molar-refractivity contribution in [3.8, 4) is 0 Å². The standard InChI is InChI=1S/C11H11BrF3NO/c12-8-1-3-9(4-2-8)16-5-6-17-7-10(16)11(13,14)15/h1-4,10H,5-7H2/t10-/m1/s1. The Labute approximate surface area is 105 Å². The molecule has 1 aromatic rings. The van der Waals surface area contributed by atoms with Crippen molar-refractivity contribution in [1.82, 2.24) is 0 Å². The van der Waals surface area contributed by atoms with Crippen molar-refractivity contribution >= 4 is 21.6 Å². The molecule has 0 aliphatic carbocycles. The van der Waals surface area contributed by atoms with E-state index >= 15 is 0 Å². The van der Waals surface area contributed by atoms with Gasteiger partial charge in [0, 0.05) is 16.7 Å². The number of rotatable bonds is 1. The maximum atomic E-state index is 12.8. The Balaban J connectivity index is 2.25. The van der Waals surface area contributed by atoms with Crippen molar-refractivity contribution < 1.29 is 17.9 Å². The molecule has 0 bridgehead atoms. The number of alkyl halides is 3. The first kappa shape index (κ1) is 12.7. The van der Waals surface area contributed by atoms with Crippen LogP contribution in [0.4, 0.5) is 18.9 Å². The third-order valence-corrected chi connectivity index (χ3v) is 3.19. The molecule has 1 saturated heterocycles. The van der Waals surface area contributed by atoms with E-state index in [1.807, 2.05) is 0 Å². The predicted octanol–water partition coefficient (Wildman–Crippen LogP) is 3.22. The molecule has 0 saturated carbocycles. The summed E-state index contributed by atoms with van der Waals surface area (Å²) >= 11 is 3.26. The molecule has 1 heterocycles. The summed E-state index contributed by atoms with van der Waals surface area (Å²) in [7, 11) is 0. The van der Waals surface area contributed by atoms with Gasteiger partial charge in [-0.15, -0.1) is 0 Å². The fraction of sp³-hybridized carbons (Fsp3) is 0.455. The SMILES string of the molecule is FC(F)(F)[C@H]1COCCN1c1ccc(Br)cc1. The lowest BCUT2D eigenvalue weighted by Gasteiger charge is -2.38. The van der Waals surface area contributed by atoms with E-state index in [1.54, 1.807) is 24.3 Å². The average Bonchev–Trinajstić information content (AvgIpc) is 2.29. The van der Waals surface area contributed by atoms with Crippen LogP contribution in [0.1, 0.15) is 0 Å². The first-order valence-electron chi connectivity index (χ1n) is 5.15. The molecule has 1 aliphatic rings. The molecule has 6 heteroatoms. The molecule has 1 fully saturated rings. The van der Waals surface area contributed by atoms with Crippen molar-refractivity contribution in [3.05, 3.63) is 28.7 Å². The largest absolute Gasteiger partial charge is 0.411 e. The number of hydrogen-bond donors (Lipinski definition) is 0. The molecule has 0 radical (unpaired) electrons. The zero-order chi connectivity index (χ0) is 12.5. The lowest BCUT2D eigenvalue weighted by atomic mass is 10.2. The van der Waals surface area contributed by atoms with Gasteiger partial charge in [-0.05, 0) is 24.3 Å². The molecule has 0 aromatic heterocycles. The number of ether oxygens (including phenoxy) is 1. The van der Waals surface area contributed by atoms with Crippen LogP contribution < -0.4 is 4.90 Å². The summed E-state index contributed by atoms with van der Waals surface area (Å²) < 4.78 is 44.2.